The minimum atomic E-state index is -0.731. The van der Waals surface area contributed by atoms with E-state index in [1.54, 1.807) is 72.8 Å². The number of barbiturate groups is 1. The number of amides is 4. The van der Waals surface area contributed by atoms with E-state index in [4.69, 9.17) is 9.47 Å². The molecule has 178 valence electrons. The zero-order valence-corrected chi connectivity index (χ0v) is 21.4. The van der Waals surface area contributed by atoms with Gasteiger partial charge in [-0.1, -0.05) is 36.4 Å². The molecule has 4 rings (SSSR count). The lowest BCUT2D eigenvalue weighted by Crippen LogP contribution is -2.57. The number of hydrogen-bond donors (Lipinski definition) is 0. The number of imide groups is 2. The van der Waals surface area contributed by atoms with Crippen molar-refractivity contribution in [3.8, 4) is 11.5 Å². The number of benzene rings is 3. The second-order valence-corrected chi connectivity index (χ2v) is 8.65. The van der Waals surface area contributed by atoms with Crippen molar-refractivity contribution in [2.75, 3.05) is 23.0 Å². The Morgan fingerprint density at radius 3 is 1.77 bits per heavy atom. The van der Waals surface area contributed by atoms with Gasteiger partial charge in [-0.25, -0.2) is 14.6 Å². The molecule has 35 heavy (non-hydrogen) atoms. The van der Waals surface area contributed by atoms with E-state index in [1.807, 2.05) is 13.8 Å². The number of rotatable bonds is 7. The van der Waals surface area contributed by atoms with Crippen molar-refractivity contribution in [1.82, 2.24) is 0 Å². The van der Waals surface area contributed by atoms with Crippen molar-refractivity contribution < 1.29 is 23.9 Å². The molecule has 0 bridgehead atoms. The Labute approximate surface area is 217 Å². The Morgan fingerprint density at radius 1 is 0.771 bits per heavy atom. The van der Waals surface area contributed by atoms with E-state index in [0.717, 1.165) is 13.4 Å². The standard InChI is InChI=1S/C27H23IN2O5/c1-3-34-23-17-18(16-22(28)24(23)35-4-2)15-21-25(31)29(19-11-7-5-8-12-19)27(33)30(26(21)32)20-13-9-6-10-14-20/h5-17H,3-4H2,1-2H3. The van der Waals surface area contributed by atoms with Crippen molar-refractivity contribution in [3.63, 3.8) is 0 Å². The van der Waals surface area contributed by atoms with Gasteiger partial charge in [0.1, 0.15) is 5.57 Å². The molecular weight excluding hydrogens is 559 g/mol. The van der Waals surface area contributed by atoms with Crippen LogP contribution in [0, 0.1) is 3.57 Å². The molecule has 0 aromatic heterocycles. The highest BCUT2D eigenvalue weighted by molar-refractivity contribution is 14.1. The van der Waals surface area contributed by atoms with Gasteiger partial charge in [-0.05, 0) is 84.5 Å². The van der Waals surface area contributed by atoms with Crippen LogP contribution in [0.4, 0.5) is 16.2 Å². The number of para-hydroxylation sites is 2. The zero-order chi connectivity index (χ0) is 24.9. The van der Waals surface area contributed by atoms with E-state index in [1.165, 1.54) is 6.08 Å². The molecule has 1 saturated heterocycles. The summed E-state index contributed by atoms with van der Waals surface area (Å²) in [6.07, 6.45) is 1.49. The summed E-state index contributed by atoms with van der Waals surface area (Å²) < 4.78 is 12.2. The van der Waals surface area contributed by atoms with E-state index >= 15 is 0 Å². The summed E-state index contributed by atoms with van der Waals surface area (Å²) in [6, 6.07) is 19.9. The smallest absolute Gasteiger partial charge is 0.343 e. The highest BCUT2D eigenvalue weighted by Gasteiger charge is 2.43. The largest absolute Gasteiger partial charge is 0.490 e. The van der Waals surface area contributed by atoms with Crippen molar-refractivity contribution >= 4 is 57.9 Å². The average Bonchev–Trinajstić information content (AvgIpc) is 2.85. The van der Waals surface area contributed by atoms with Gasteiger partial charge < -0.3 is 9.47 Å². The van der Waals surface area contributed by atoms with Crippen LogP contribution in [0.5, 0.6) is 11.5 Å². The van der Waals surface area contributed by atoms with Gasteiger partial charge in [0.15, 0.2) is 11.5 Å². The fourth-order valence-electron chi connectivity index (χ4n) is 3.72. The summed E-state index contributed by atoms with van der Waals surface area (Å²) in [5.74, 6) is -0.273. The summed E-state index contributed by atoms with van der Waals surface area (Å²) >= 11 is 2.13. The maximum absolute atomic E-state index is 13.5. The first kappa shape index (κ1) is 24.5. The Hall–Kier alpha value is -3.66. The number of ether oxygens (including phenoxy) is 2. The molecule has 0 saturated carbocycles. The molecule has 0 atom stereocenters. The number of carbonyl (C=O) groups excluding carboxylic acids is 3. The number of urea groups is 1. The second-order valence-electron chi connectivity index (χ2n) is 7.49. The molecule has 0 unspecified atom stereocenters. The van der Waals surface area contributed by atoms with Crippen molar-refractivity contribution in [2.24, 2.45) is 0 Å². The number of anilines is 2. The lowest BCUT2D eigenvalue weighted by molar-refractivity contribution is -0.121. The summed E-state index contributed by atoms with van der Waals surface area (Å²) in [4.78, 5) is 42.5. The van der Waals surface area contributed by atoms with Crippen LogP contribution in [0.3, 0.4) is 0 Å². The van der Waals surface area contributed by atoms with Crippen LogP contribution in [-0.2, 0) is 9.59 Å². The fourth-order valence-corrected chi connectivity index (χ4v) is 4.51. The third kappa shape index (κ3) is 4.93. The summed E-state index contributed by atoms with van der Waals surface area (Å²) in [7, 11) is 0. The van der Waals surface area contributed by atoms with Crippen LogP contribution in [-0.4, -0.2) is 31.1 Å². The fraction of sp³-hybridized carbons (Fsp3) is 0.148. The van der Waals surface area contributed by atoms with Gasteiger partial charge >= 0.3 is 6.03 Å². The quantitative estimate of drug-likeness (QED) is 0.204. The molecule has 0 spiro atoms. The molecule has 0 aliphatic carbocycles. The monoisotopic (exact) mass is 582 g/mol. The van der Waals surface area contributed by atoms with Gasteiger partial charge in [0.2, 0.25) is 0 Å². The van der Waals surface area contributed by atoms with Crippen LogP contribution in [0.2, 0.25) is 0 Å². The van der Waals surface area contributed by atoms with Crippen LogP contribution in [0.25, 0.3) is 6.08 Å². The Kier molecular flexibility index (Phi) is 7.50. The third-order valence-electron chi connectivity index (χ3n) is 5.21. The van der Waals surface area contributed by atoms with Crippen LogP contribution < -0.4 is 19.3 Å². The predicted molar refractivity (Wildman–Crippen MR) is 143 cm³/mol. The van der Waals surface area contributed by atoms with Gasteiger partial charge in [-0.15, -0.1) is 0 Å². The van der Waals surface area contributed by atoms with E-state index in [0.29, 0.717) is 41.7 Å². The van der Waals surface area contributed by atoms with Crippen molar-refractivity contribution in [2.45, 2.75) is 13.8 Å². The van der Waals surface area contributed by atoms with E-state index in [9.17, 15) is 14.4 Å². The number of hydrogen-bond acceptors (Lipinski definition) is 5. The molecule has 1 heterocycles. The summed E-state index contributed by atoms with van der Waals surface area (Å²) in [5, 5.41) is 0. The molecule has 1 aliphatic heterocycles. The summed E-state index contributed by atoms with van der Waals surface area (Å²) in [6.45, 7) is 4.64. The minimum absolute atomic E-state index is 0.139. The summed E-state index contributed by atoms with van der Waals surface area (Å²) in [5.41, 5.74) is 1.18. The maximum Gasteiger partial charge on any atom is 0.343 e. The van der Waals surface area contributed by atoms with Crippen molar-refractivity contribution in [3.05, 3.63) is 87.5 Å². The highest BCUT2D eigenvalue weighted by Crippen LogP contribution is 2.36. The third-order valence-corrected chi connectivity index (χ3v) is 6.01. The lowest BCUT2D eigenvalue weighted by atomic mass is 10.0. The van der Waals surface area contributed by atoms with Gasteiger partial charge in [-0.3, -0.25) is 9.59 Å². The van der Waals surface area contributed by atoms with E-state index in [-0.39, 0.29) is 5.57 Å². The molecular formula is C27H23IN2O5. The molecule has 0 N–H and O–H groups in total. The minimum Gasteiger partial charge on any atom is -0.490 e. The molecule has 0 radical (unpaired) electrons. The van der Waals surface area contributed by atoms with Gasteiger partial charge in [0.05, 0.1) is 28.2 Å². The van der Waals surface area contributed by atoms with E-state index < -0.39 is 17.8 Å². The second kappa shape index (κ2) is 10.7. The maximum atomic E-state index is 13.5. The molecule has 3 aromatic rings. The van der Waals surface area contributed by atoms with Gasteiger partial charge in [0.25, 0.3) is 11.8 Å². The molecule has 8 heteroatoms. The van der Waals surface area contributed by atoms with Crippen LogP contribution in [0.1, 0.15) is 19.4 Å². The SMILES string of the molecule is CCOc1cc(C=C2C(=O)N(c3ccccc3)C(=O)N(c3ccccc3)C2=O)cc(I)c1OCC. The molecule has 4 amide bonds. The Morgan fingerprint density at radius 2 is 1.29 bits per heavy atom. The number of carbonyl (C=O) groups is 3. The molecule has 1 fully saturated rings. The zero-order valence-electron chi connectivity index (χ0n) is 19.2. The predicted octanol–water partition coefficient (Wildman–Crippen LogP) is 5.67. The van der Waals surface area contributed by atoms with Gasteiger partial charge in [-0.2, -0.15) is 0 Å². The first-order valence-corrected chi connectivity index (χ1v) is 12.2. The molecule has 1 aliphatic rings. The number of halogens is 1. The molecule has 3 aromatic carbocycles. The first-order chi connectivity index (χ1) is 17.0. The Bertz CT molecular complexity index is 1230. The first-order valence-electron chi connectivity index (χ1n) is 11.1. The topological polar surface area (TPSA) is 76.2 Å². The number of nitrogens with zero attached hydrogens (tertiary/aromatic N) is 2. The van der Waals surface area contributed by atoms with Crippen LogP contribution >= 0.6 is 22.6 Å². The van der Waals surface area contributed by atoms with E-state index in [2.05, 4.69) is 22.6 Å². The van der Waals surface area contributed by atoms with Gasteiger partial charge in [0, 0.05) is 0 Å². The average molecular weight is 582 g/mol. The molecule has 7 nitrogen and oxygen atoms in total. The lowest BCUT2D eigenvalue weighted by Gasteiger charge is -2.34. The normalized spacial score (nSPS) is 13.8. The highest BCUT2D eigenvalue weighted by atomic mass is 127. The van der Waals surface area contributed by atoms with Crippen LogP contribution in [0.15, 0.2) is 78.4 Å². The van der Waals surface area contributed by atoms with Crippen molar-refractivity contribution in [1.29, 1.82) is 0 Å². The Balaban J connectivity index is 1.86.